The van der Waals surface area contributed by atoms with E-state index in [4.69, 9.17) is 15.3 Å². The first kappa shape index (κ1) is 17.2. The molecule has 23 heavy (non-hydrogen) atoms. The number of amides is 2. The third-order valence-corrected chi connectivity index (χ3v) is 3.24. The van der Waals surface area contributed by atoms with Gasteiger partial charge < -0.3 is 20.5 Å². The molecule has 0 radical (unpaired) electrons. The number of nitrogens with two attached hydrogens (primary N) is 1. The van der Waals surface area contributed by atoms with E-state index < -0.39 is 17.6 Å². The number of nitrogens with zero attached hydrogens (tertiary/aromatic N) is 1. The van der Waals surface area contributed by atoms with E-state index in [0.29, 0.717) is 17.0 Å². The summed E-state index contributed by atoms with van der Waals surface area (Å²) in [4.78, 5) is 30.4. The number of carbonyl (C=O) groups is 2. The molecule has 8 heteroatoms. The van der Waals surface area contributed by atoms with E-state index in [1.54, 1.807) is 33.0 Å². The lowest BCUT2D eigenvalue weighted by Crippen LogP contribution is -2.43. The number of benzene rings is 1. The fraction of sp³-hybridized carbons (Fsp3) is 0.467. The Morgan fingerprint density at radius 1 is 1.57 bits per heavy atom. The maximum atomic E-state index is 12.1. The number of hydroxylamine groups is 1. The molecule has 1 aliphatic rings. The van der Waals surface area contributed by atoms with Crippen molar-refractivity contribution >= 4 is 17.5 Å². The molecule has 0 fully saturated rings. The van der Waals surface area contributed by atoms with Gasteiger partial charge in [0.1, 0.15) is 25.0 Å². The first-order valence-electron chi connectivity index (χ1n) is 7.13. The Morgan fingerprint density at radius 2 is 2.26 bits per heavy atom. The molecule has 8 nitrogen and oxygen atoms in total. The third-order valence-electron chi connectivity index (χ3n) is 3.24. The normalized spacial score (nSPS) is 18.0. The van der Waals surface area contributed by atoms with Crippen molar-refractivity contribution in [3.8, 4) is 5.75 Å². The van der Waals surface area contributed by atoms with Crippen LogP contribution in [0.2, 0.25) is 0 Å². The van der Waals surface area contributed by atoms with E-state index in [-0.39, 0.29) is 19.1 Å². The van der Waals surface area contributed by atoms with Crippen LogP contribution in [0.1, 0.15) is 24.2 Å². The minimum atomic E-state index is -1.06. The minimum absolute atomic E-state index is 0.0555. The van der Waals surface area contributed by atoms with E-state index in [1.165, 1.54) is 11.0 Å². The molecule has 1 aromatic rings. The van der Waals surface area contributed by atoms with Crippen LogP contribution in [0.3, 0.4) is 0 Å². The summed E-state index contributed by atoms with van der Waals surface area (Å²) in [5.41, 5.74) is 7.65. The van der Waals surface area contributed by atoms with Crippen molar-refractivity contribution in [1.29, 1.82) is 0 Å². The molecule has 0 aromatic heterocycles. The number of rotatable bonds is 4. The summed E-state index contributed by atoms with van der Waals surface area (Å²) in [6.07, 6.45) is 0. The summed E-state index contributed by atoms with van der Waals surface area (Å²) in [5.74, 6) is -0.311. The lowest BCUT2D eigenvalue weighted by molar-refractivity contribution is -0.119. The van der Waals surface area contributed by atoms with Crippen molar-refractivity contribution in [3.63, 3.8) is 0 Å². The van der Waals surface area contributed by atoms with E-state index >= 15 is 0 Å². The zero-order valence-corrected chi connectivity index (χ0v) is 13.3. The second-order valence-electron chi connectivity index (χ2n) is 6.03. The molecule has 0 unspecified atom stereocenters. The summed E-state index contributed by atoms with van der Waals surface area (Å²) in [6.45, 7) is 3.14. The predicted molar refractivity (Wildman–Crippen MR) is 83.0 cm³/mol. The van der Waals surface area contributed by atoms with Crippen LogP contribution in [0.5, 0.6) is 5.75 Å². The smallest absolute Gasteiger partial charge is 0.274 e. The monoisotopic (exact) mass is 323 g/mol. The van der Waals surface area contributed by atoms with E-state index in [0.717, 1.165) is 0 Å². The Kier molecular flexibility index (Phi) is 4.88. The SMILES string of the molecule is CN1C(=O)[C@@H](N)COc2ccc(C(=O)NOCC(C)(C)O)cc21. The second-order valence-corrected chi connectivity index (χ2v) is 6.03. The fourth-order valence-electron chi connectivity index (χ4n) is 2.00. The molecule has 1 aliphatic heterocycles. The summed E-state index contributed by atoms with van der Waals surface area (Å²) >= 11 is 0. The highest BCUT2D eigenvalue weighted by atomic mass is 16.7. The average molecular weight is 323 g/mol. The van der Waals surface area contributed by atoms with Gasteiger partial charge in [0.05, 0.1) is 11.3 Å². The zero-order valence-electron chi connectivity index (χ0n) is 13.3. The first-order valence-corrected chi connectivity index (χ1v) is 7.13. The molecule has 2 rings (SSSR count). The molecule has 126 valence electrons. The number of ether oxygens (including phenoxy) is 1. The van der Waals surface area contributed by atoms with Crippen LogP contribution in [0.25, 0.3) is 0 Å². The molecule has 0 spiro atoms. The summed E-state index contributed by atoms with van der Waals surface area (Å²) in [7, 11) is 1.57. The highest BCUT2D eigenvalue weighted by Gasteiger charge is 2.27. The van der Waals surface area contributed by atoms with Gasteiger partial charge in [-0.15, -0.1) is 0 Å². The topological polar surface area (TPSA) is 114 Å². The van der Waals surface area contributed by atoms with Crippen molar-refractivity contribution in [2.45, 2.75) is 25.5 Å². The van der Waals surface area contributed by atoms with Gasteiger partial charge in [-0.25, -0.2) is 5.48 Å². The third kappa shape index (κ3) is 4.19. The van der Waals surface area contributed by atoms with E-state index in [9.17, 15) is 14.7 Å². The molecule has 1 heterocycles. The highest BCUT2D eigenvalue weighted by molar-refractivity contribution is 6.01. The van der Waals surface area contributed by atoms with Crippen LogP contribution in [-0.2, 0) is 9.63 Å². The van der Waals surface area contributed by atoms with Crippen LogP contribution < -0.4 is 20.9 Å². The fourth-order valence-corrected chi connectivity index (χ4v) is 2.00. The van der Waals surface area contributed by atoms with Crippen LogP contribution in [0, 0.1) is 0 Å². The Morgan fingerprint density at radius 3 is 2.91 bits per heavy atom. The molecule has 1 aromatic carbocycles. The molecule has 0 saturated carbocycles. The Bertz CT molecular complexity index is 612. The first-order chi connectivity index (χ1) is 10.7. The van der Waals surface area contributed by atoms with Crippen LogP contribution in [-0.4, -0.2) is 48.8 Å². The van der Waals surface area contributed by atoms with Crippen molar-refractivity contribution in [1.82, 2.24) is 5.48 Å². The second kappa shape index (κ2) is 6.53. The van der Waals surface area contributed by atoms with E-state index in [2.05, 4.69) is 5.48 Å². The number of likely N-dealkylation sites (N-methyl/N-ethyl adjacent to an activating group) is 1. The largest absolute Gasteiger partial charge is 0.489 e. The van der Waals surface area contributed by atoms with Crippen molar-refractivity contribution in [2.75, 3.05) is 25.2 Å². The van der Waals surface area contributed by atoms with Gasteiger partial charge in [0.25, 0.3) is 5.91 Å². The molecule has 2 amide bonds. The van der Waals surface area contributed by atoms with Crippen molar-refractivity contribution in [3.05, 3.63) is 23.8 Å². The summed E-state index contributed by atoms with van der Waals surface area (Å²) < 4.78 is 5.48. The van der Waals surface area contributed by atoms with Gasteiger partial charge >= 0.3 is 0 Å². The maximum Gasteiger partial charge on any atom is 0.274 e. The maximum absolute atomic E-state index is 12.1. The summed E-state index contributed by atoms with van der Waals surface area (Å²) in [5, 5.41) is 9.53. The molecular weight excluding hydrogens is 302 g/mol. The minimum Gasteiger partial charge on any atom is -0.489 e. The summed E-state index contributed by atoms with van der Waals surface area (Å²) in [6, 6.07) is 3.92. The van der Waals surface area contributed by atoms with Gasteiger partial charge in [-0.05, 0) is 32.0 Å². The highest BCUT2D eigenvalue weighted by Crippen LogP contribution is 2.31. The van der Waals surface area contributed by atoms with Gasteiger partial charge in [-0.2, -0.15) is 0 Å². The number of hydrogen-bond donors (Lipinski definition) is 3. The van der Waals surface area contributed by atoms with Gasteiger partial charge in [0.15, 0.2) is 0 Å². The number of hydrogen-bond acceptors (Lipinski definition) is 6. The Labute approximate surface area is 134 Å². The number of anilines is 1. The Balaban J connectivity index is 2.14. The molecule has 1 atom stereocenters. The van der Waals surface area contributed by atoms with Gasteiger partial charge in [0, 0.05) is 12.6 Å². The van der Waals surface area contributed by atoms with Gasteiger partial charge in [-0.1, -0.05) is 0 Å². The molecule has 0 saturated heterocycles. The lowest BCUT2D eigenvalue weighted by Gasteiger charge is -2.19. The average Bonchev–Trinajstić information content (AvgIpc) is 2.58. The number of fused-ring (bicyclic) bond motifs is 1. The number of aliphatic hydroxyl groups is 1. The van der Waals surface area contributed by atoms with Gasteiger partial charge in [-0.3, -0.25) is 14.4 Å². The quantitative estimate of drug-likeness (QED) is 0.661. The van der Waals surface area contributed by atoms with E-state index in [1.807, 2.05) is 0 Å². The number of nitrogens with one attached hydrogen (secondary N) is 1. The number of carbonyl (C=O) groups excluding carboxylic acids is 2. The van der Waals surface area contributed by atoms with Crippen LogP contribution in [0.4, 0.5) is 5.69 Å². The molecule has 0 aliphatic carbocycles. The predicted octanol–water partition coefficient (Wildman–Crippen LogP) is -0.199. The molecule has 0 bridgehead atoms. The molecule has 4 N–H and O–H groups in total. The van der Waals surface area contributed by atoms with Gasteiger partial charge in [0.2, 0.25) is 5.91 Å². The zero-order chi connectivity index (χ0) is 17.2. The van der Waals surface area contributed by atoms with Crippen LogP contribution >= 0.6 is 0 Å². The molecular formula is C15H21N3O5. The van der Waals surface area contributed by atoms with Crippen molar-refractivity contribution in [2.24, 2.45) is 5.73 Å². The lowest BCUT2D eigenvalue weighted by atomic mass is 10.1. The standard InChI is InChI=1S/C15H21N3O5/c1-15(2,21)8-23-17-13(19)9-4-5-12-11(6-9)18(3)14(20)10(16)7-22-12/h4-6,10,21H,7-8,16H2,1-3H3,(H,17,19)/t10-/m0/s1. The van der Waals surface area contributed by atoms with Crippen LogP contribution in [0.15, 0.2) is 18.2 Å². The Hall–Kier alpha value is -2.16. The van der Waals surface area contributed by atoms with Crippen molar-refractivity contribution < 1.29 is 24.3 Å².